The first-order chi connectivity index (χ1) is 15.2. The van der Waals surface area contributed by atoms with Crippen LogP contribution in [-0.4, -0.2) is 29.6 Å². The summed E-state index contributed by atoms with van der Waals surface area (Å²) in [6.07, 6.45) is 6.50. The molecule has 0 atom stereocenters. The molecule has 0 unspecified atom stereocenters. The van der Waals surface area contributed by atoms with E-state index in [2.05, 4.69) is 0 Å². The predicted octanol–water partition coefficient (Wildman–Crippen LogP) is 5.50. The molecule has 1 heterocycles. The van der Waals surface area contributed by atoms with Crippen molar-refractivity contribution in [1.29, 1.82) is 0 Å². The van der Waals surface area contributed by atoms with Gasteiger partial charge >= 0.3 is 5.97 Å². The van der Waals surface area contributed by atoms with E-state index in [0.29, 0.717) is 29.9 Å². The monoisotopic (exact) mass is 438 g/mol. The van der Waals surface area contributed by atoms with Gasteiger partial charge in [-0.2, -0.15) is 0 Å². The van der Waals surface area contributed by atoms with Crippen LogP contribution >= 0.6 is 0 Å². The first-order valence-electron chi connectivity index (χ1n) is 10.9. The molecule has 6 heteroatoms. The van der Waals surface area contributed by atoms with Gasteiger partial charge in [0.25, 0.3) is 0 Å². The molecule has 1 N–H and O–H groups in total. The lowest BCUT2D eigenvalue weighted by Gasteiger charge is -2.33. The molecule has 0 bridgehead atoms. The predicted molar refractivity (Wildman–Crippen MR) is 123 cm³/mol. The highest BCUT2D eigenvalue weighted by Gasteiger charge is 2.32. The fourth-order valence-corrected chi connectivity index (χ4v) is 3.57. The second-order valence-corrected chi connectivity index (χ2v) is 8.49. The Morgan fingerprint density at radius 1 is 1.22 bits per heavy atom. The lowest BCUT2D eigenvalue weighted by molar-refractivity contribution is -0.134. The van der Waals surface area contributed by atoms with Crippen molar-refractivity contribution in [2.45, 2.75) is 58.5 Å². The molecule has 0 saturated carbocycles. The zero-order valence-corrected chi connectivity index (χ0v) is 19.1. The van der Waals surface area contributed by atoms with Gasteiger partial charge in [0.15, 0.2) is 5.78 Å². The van der Waals surface area contributed by atoms with Crippen LogP contribution in [0.4, 0.5) is 0 Å². The van der Waals surface area contributed by atoms with E-state index in [9.17, 15) is 14.7 Å². The average Bonchev–Trinajstić information content (AvgIpc) is 2.76. The number of carbonyl (C=O) groups is 2. The summed E-state index contributed by atoms with van der Waals surface area (Å²) < 4.78 is 16.6. The van der Waals surface area contributed by atoms with E-state index in [1.807, 2.05) is 20.8 Å². The van der Waals surface area contributed by atoms with Crippen molar-refractivity contribution in [2.75, 3.05) is 7.11 Å². The number of phenolic OH excluding ortho intramolecular Hbond substituents is 1. The molecule has 1 aliphatic rings. The number of unbranched alkanes of at least 4 members (excludes halogenated alkanes) is 1. The third kappa shape index (κ3) is 5.49. The molecule has 0 aromatic heterocycles. The fraction of sp³-hybridized carbons (Fsp3) is 0.385. The maximum atomic E-state index is 12.9. The number of carbonyl (C=O) groups excluding carboxylic acids is 2. The molecule has 2 aromatic rings. The highest BCUT2D eigenvalue weighted by molar-refractivity contribution is 6.11. The van der Waals surface area contributed by atoms with E-state index in [1.165, 1.54) is 13.2 Å². The molecule has 0 radical (unpaired) electrons. The molecule has 32 heavy (non-hydrogen) atoms. The van der Waals surface area contributed by atoms with E-state index in [-0.39, 0.29) is 34.4 Å². The number of allylic oxidation sites excluding steroid dienone is 1. The van der Waals surface area contributed by atoms with Gasteiger partial charge in [0.2, 0.25) is 0 Å². The van der Waals surface area contributed by atoms with Crippen LogP contribution < -0.4 is 14.2 Å². The molecular formula is C26H30O6. The number of aromatic hydroxyl groups is 1. The SMILES string of the molecule is CCCCC(=O)Oc1ccc(/C=C/C(=O)c2c(OC)cc3c(c2O)CCC(C)(C)O3)cc1. The van der Waals surface area contributed by atoms with Crippen LogP contribution in [-0.2, 0) is 11.2 Å². The first-order valence-corrected chi connectivity index (χ1v) is 10.9. The summed E-state index contributed by atoms with van der Waals surface area (Å²) in [6, 6.07) is 8.55. The quantitative estimate of drug-likeness (QED) is 0.254. The Labute approximate surface area is 188 Å². The smallest absolute Gasteiger partial charge is 0.311 e. The molecule has 1 aliphatic heterocycles. The third-order valence-corrected chi connectivity index (χ3v) is 5.43. The van der Waals surface area contributed by atoms with Crippen LogP contribution in [0, 0.1) is 0 Å². The second kappa shape index (κ2) is 9.90. The van der Waals surface area contributed by atoms with Gasteiger partial charge in [-0.1, -0.05) is 31.6 Å². The van der Waals surface area contributed by atoms with Crippen LogP contribution in [0.15, 0.2) is 36.4 Å². The standard InChI is InChI=1S/C26H30O6/c1-5-6-7-23(28)31-18-11-8-17(9-12-18)10-13-20(27)24-22(30-4)16-21-19(25(24)29)14-15-26(2,3)32-21/h8-13,16,29H,5-7,14-15H2,1-4H3/b13-10+. The van der Waals surface area contributed by atoms with Crippen molar-refractivity contribution in [2.24, 2.45) is 0 Å². The van der Waals surface area contributed by atoms with Gasteiger partial charge in [-0.3, -0.25) is 9.59 Å². The van der Waals surface area contributed by atoms with Gasteiger partial charge in [0.1, 0.15) is 34.2 Å². The summed E-state index contributed by atoms with van der Waals surface area (Å²) in [6.45, 7) is 5.99. The largest absolute Gasteiger partial charge is 0.507 e. The van der Waals surface area contributed by atoms with Crippen molar-refractivity contribution in [3.63, 3.8) is 0 Å². The Morgan fingerprint density at radius 2 is 1.94 bits per heavy atom. The molecule has 0 fully saturated rings. The number of phenols is 1. The van der Waals surface area contributed by atoms with Gasteiger partial charge in [0, 0.05) is 18.1 Å². The lowest BCUT2D eigenvalue weighted by atomic mass is 9.91. The molecule has 0 spiro atoms. The Morgan fingerprint density at radius 3 is 2.59 bits per heavy atom. The summed E-state index contributed by atoms with van der Waals surface area (Å²) in [4.78, 5) is 24.6. The summed E-state index contributed by atoms with van der Waals surface area (Å²) in [5.74, 6) is 0.545. The van der Waals surface area contributed by atoms with Crippen LogP contribution in [0.3, 0.4) is 0 Å². The molecule has 3 rings (SSSR count). The number of hydrogen-bond acceptors (Lipinski definition) is 6. The van der Waals surface area contributed by atoms with E-state index >= 15 is 0 Å². The molecule has 0 saturated heterocycles. The topological polar surface area (TPSA) is 82.1 Å². The van der Waals surface area contributed by atoms with Gasteiger partial charge in [-0.05, 0) is 56.9 Å². The molecular weight excluding hydrogens is 408 g/mol. The number of benzene rings is 2. The van der Waals surface area contributed by atoms with Crippen molar-refractivity contribution in [1.82, 2.24) is 0 Å². The summed E-state index contributed by atoms with van der Waals surface area (Å²) in [5.41, 5.74) is 1.16. The maximum Gasteiger partial charge on any atom is 0.311 e. The summed E-state index contributed by atoms with van der Waals surface area (Å²) in [7, 11) is 1.45. The number of hydrogen-bond donors (Lipinski definition) is 1. The minimum absolute atomic E-state index is 0.0983. The Kier molecular flexibility index (Phi) is 7.23. The normalized spacial score (nSPS) is 14.5. The van der Waals surface area contributed by atoms with Crippen LogP contribution in [0.5, 0.6) is 23.0 Å². The molecule has 6 nitrogen and oxygen atoms in total. The van der Waals surface area contributed by atoms with Crippen molar-refractivity contribution in [3.8, 4) is 23.0 Å². The van der Waals surface area contributed by atoms with Gasteiger partial charge in [-0.15, -0.1) is 0 Å². The number of rotatable bonds is 8. The van der Waals surface area contributed by atoms with Crippen molar-refractivity contribution in [3.05, 3.63) is 53.1 Å². The minimum atomic E-state index is -0.373. The number of esters is 1. The van der Waals surface area contributed by atoms with Crippen molar-refractivity contribution >= 4 is 17.8 Å². The zero-order chi connectivity index (χ0) is 23.3. The molecule has 0 aliphatic carbocycles. The average molecular weight is 439 g/mol. The zero-order valence-electron chi connectivity index (χ0n) is 19.1. The highest BCUT2D eigenvalue weighted by atomic mass is 16.5. The van der Waals surface area contributed by atoms with Crippen LogP contribution in [0.25, 0.3) is 6.08 Å². The molecule has 0 amide bonds. The third-order valence-electron chi connectivity index (χ3n) is 5.43. The number of fused-ring (bicyclic) bond motifs is 1. The minimum Gasteiger partial charge on any atom is -0.507 e. The number of ether oxygens (including phenoxy) is 3. The van der Waals surface area contributed by atoms with Crippen molar-refractivity contribution < 1.29 is 28.9 Å². The Hall–Kier alpha value is -3.28. The van der Waals surface area contributed by atoms with Gasteiger partial charge in [-0.25, -0.2) is 0 Å². The molecule has 170 valence electrons. The second-order valence-electron chi connectivity index (χ2n) is 8.49. The van der Waals surface area contributed by atoms with E-state index < -0.39 is 0 Å². The first kappa shape index (κ1) is 23.4. The number of methoxy groups -OCH3 is 1. The summed E-state index contributed by atoms with van der Waals surface area (Å²) >= 11 is 0. The highest BCUT2D eigenvalue weighted by Crippen LogP contribution is 2.44. The van der Waals surface area contributed by atoms with Crippen LogP contribution in [0.2, 0.25) is 0 Å². The molecule has 2 aromatic carbocycles. The van der Waals surface area contributed by atoms with E-state index in [4.69, 9.17) is 14.2 Å². The van der Waals surface area contributed by atoms with Gasteiger partial charge < -0.3 is 19.3 Å². The van der Waals surface area contributed by atoms with E-state index in [0.717, 1.165) is 24.8 Å². The number of ketones is 1. The maximum absolute atomic E-state index is 12.9. The Bertz CT molecular complexity index is 1020. The Balaban J connectivity index is 1.76. The van der Waals surface area contributed by atoms with Crippen LogP contribution in [0.1, 0.15) is 67.9 Å². The lowest BCUT2D eigenvalue weighted by Crippen LogP contribution is -2.32. The fourth-order valence-electron chi connectivity index (χ4n) is 3.57. The summed E-state index contributed by atoms with van der Waals surface area (Å²) in [5, 5.41) is 10.8. The van der Waals surface area contributed by atoms with E-state index in [1.54, 1.807) is 36.4 Å². The van der Waals surface area contributed by atoms with Gasteiger partial charge in [0.05, 0.1) is 7.11 Å².